The summed E-state index contributed by atoms with van der Waals surface area (Å²) in [4.78, 5) is 10.7. The van der Waals surface area contributed by atoms with Crippen LogP contribution in [0.1, 0.15) is 46.0 Å². The Labute approximate surface area is 86.3 Å². The number of rotatable bonds is 3. The lowest BCUT2D eigenvalue weighted by Gasteiger charge is -2.24. The zero-order valence-corrected chi connectivity index (χ0v) is 9.21. The molecule has 80 valence electrons. The van der Waals surface area contributed by atoms with Crippen LogP contribution in [0.15, 0.2) is 11.6 Å². The monoisotopic (exact) mass is 196 g/mol. The van der Waals surface area contributed by atoms with Crippen molar-refractivity contribution in [2.75, 3.05) is 6.61 Å². The van der Waals surface area contributed by atoms with E-state index in [2.05, 4.69) is 6.08 Å². The summed E-state index contributed by atoms with van der Waals surface area (Å²) in [6.07, 6.45) is 8.64. The maximum atomic E-state index is 10.7. The minimum atomic E-state index is -0.180. The molecule has 1 saturated carbocycles. The predicted octanol–water partition coefficient (Wildman–Crippen LogP) is 3.08. The third-order valence-electron chi connectivity index (χ3n) is 2.94. The molecule has 0 aliphatic heterocycles. The van der Waals surface area contributed by atoms with E-state index in [1.165, 1.54) is 44.6 Å². The molecule has 0 atom stereocenters. The van der Waals surface area contributed by atoms with Crippen molar-refractivity contribution in [1.29, 1.82) is 0 Å². The van der Waals surface area contributed by atoms with Crippen LogP contribution in [-0.2, 0) is 9.53 Å². The van der Waals surface area contributed by atoms with Crippen molar-refractivity contribution in [3.05, 3.63) is 11.6 Å². The van der Waals surface area contributed by atoms with Gasteiger partial charge < -0.3 is 4.74 Å². The third-order valence-corrected chi connectivity index (χ3v) is 2.94. The van der Waals surface area contributed by atoms with Crippen LogP contribution in [0.2, 0.25) is 0 Å². The molecule has 0 heterocycles. The topological polar surface area (TPSA) is 26.3 Å². The SMILES string of the molecule is C/C=C(\COC(C)=O)C1CCCCC1. The van der Waals surface area contributed by atoms with Crippen molar-refractivity contribution in [1.82, 2.24) is 0 Å². The molecule has 0 unspecified atom stereocenters. The van der Waals surface area contributed by atoms with E-state index in [-0.39, 0.29) is 5.97 Å². The molecule has 1 aliphatic carbocycles. The van der Waals surface area contributed by atoms with E-state index >= 15 is 0 Å². The van der Waals surface area contributed by atoms with E-state index < -0.39 is 0 Å². The summed E-state index contributed by atoms with van der Waals surface area (Å²) in [5, 5.41) is 0. The molecule has 0 saturated heterocycles. The smallest absolute Gasteiger partial charge is 0.302 e. The molecule has 0 N–H and O–H groups in total. The molecule has 2 nitrogen and oxygen atoms in total. The van der Waals surface area contributed by atoms with Crippen LogP contribution in [0.5, 0.6) is 0 Å². The fraction of sp³-hybridized carbons (Fsp3) is 0.750. The van der Waals surface area contributed by atoms with Crippen LogP contribution in [-0.4, -0.2) is 12.6 Å². The maximum absolute atomic E-state index is 10.7. The highest BCUT2D eigenvalue weighted by Gasteiger charge is 2.17. The summed E-state index contributed by atoms with van der Waals surface area (Å²) in [6.45, 7) is 4.00. The van der Waals surface area contributed by atoms with Gasteiger partial charge >= 0.3 is 5.97 Å². The van der Waals surface area contributed by atoms with E-state index in [0.29, 0.717) is 12.5 Å². The van der Waals surface area contributed by atoms with E-state index in [1.54, 1.807) is 0 Å². The van der Waals surface area contributed by atoms with Crippen LogP contribution in [0, 0.1) is 5.92 Å². The molecular weight excluding hydrogens is 176 g/mol. The standard InChI is InChI=1S/C12H20O2/c1-3-11(9-14-10(2)13)12-7-5-4-6-8-12/h3,12H,4-9H2,1-2H3/b11-3+. The normalized spacial score (nSPS) is 19.4. The van der Waals surface area contributed by atoms with Crippen LogP contribution in [0.4, 0.5) is 0 Å². The first-order valence-corrected chi connectivity index (χ1v) is 5.52. The van der Waals surface area contributed by atoms with Crippen molar-refractivity contribution in [3.8, 4) is 0 Å². The van der Waals surface area contributed by atoms with Gasteiger partial charge in [-0.1, -0.05) is 25.3 Å². The lowest BCUT2D eigenvalue weighted by atomic mass is 9.84. The average Bonchev–Trinajstić information content (AvgIpc) is 2.20. The Kier molecular flexibility index (Phi) is 4.71. The Bertz CT molecular complexity index is 212. The summed E-state index contributed by atoms with van der Waals surface area (Å²) in [5.74, 6) is 0.480. The van der Waals surface area contributed by atoms with Gasteiger partial charge in [-0.15, -0.1) is 0 Å². The van der Waals surface area contributed by atoms with Gasteiger partial charge in [0.25, 0.3) is 0 Å². The molecule has 0 amide bonds. The molecule has 0 aromatic carbocycles. The first-order chi connectivity index (χ1) is 6.74. The van der Waals surface area contributed by atoms with E-state index in [4.69, 9.17) is 4.74 Å². The second-order valence-electron chi connectivity index (χ2n) is 3.98. The van der Waals surface area contributed by atoms with Crippen LogP contribution in [0.3, 0.4) is 0 Å². The van der Waals surface area contributed by atoms with Crippen molar-refractivity contribution < 1.29 is 9.53 Å². The fourth-order valence-corrected chi connectivity index (χ4v) is 2.10. The average molecular weight is 196 g/mol. The number of esters is 1. The Morgan fingerprint density at radius 2 is 2.00 bits per heavy atom. The van der Waals surface area contributed by atoms with Crippen molar-refractivity contribution in [2.45, 2.75) is 46.0 Å². The van der Waals surface area contributed by atoms with E-state index in [1.807, 2.05) is 6.92 Å². The summed E-state index contributed by atoms with van der Waals surface area (Å²) in [6, 6.07) is 0. The van der Waals surface area contributed by atoms with Gasteiger partial charge in [0.1, 0.15) is 6.61 Å². The molecule has 1 fully saturated rings. The minimum Gasteiger partial charge on any atom is -0.461 e. The van der Waals surface area contributed by atoms with Crippen LogP contribution >= 0.6 is 0 Å². The zero-order chi connectivity index (χ0) is 10.4. The van der Waals surface area contributed by atoms with Crippen LogP contribution < -0.4 is 0 Å². The number of carbonyl (C=O) groups excluding carboxylic acids is 1. The second-order valence-corrected chi connectivity index (χ2v) is 3.98. The number of allylic oxidation sites excluding steroid dienone is 1. The Morgan fingerprint density at radius 3 is 2.50 bits per heavy atom. The van der Waals surface area contributed by atoms with E-state index in [9.17, 15) is 4.79 Å². The zero-order valence-electron chi connectivity index (χ0n) is 9.21. The highest BCUT2D eigenvalue weighted by atomic mass is 16.5. The molecule has 0 aromatic heterocycles. The summed E-state index contributed by atoms with van der Waals surface area (Å²) in [7, 11) is 0. The fourth-order valence-electron chi connectivity index (χ4n) is 2.10. The van der Waals surface area contributed by atoms with Crippen molar-refractivity contribution in [3.63, 3.8) is 0 Å². The van der Waals surface area contributed by atoms with Gasteiger partial charge in [0.2, 0.25) is 0 Å². The first kappa shape index (κ1) is 11.3. The van der Waals surface area contributed by atoms with Gasteiger partial charge in [-0.05, 0) is 31.3 Å². The number of hydrogen-bond acceptors (Lipinski definition) is 2. The molecule has 0 bridgehead atoms. The van der Waals surface area contributed by atoms with E-state index in [0.717, 1.165) is 0 Å². The van der Waals surface area contributed by atoms with Gasteiger partial charge in [0.15, 0.2) is 0 Å². The van der Waals surface area contributed by atoms with Gasteiger partial charge in [-0.3, -0.25) is 4.79 Å². The Balaban J connectivity index is 2.40. The Morgan fingerprint density at radius 1 is 1.36 bits per heavy atom. The summed E-state index contributed by atoms with van der Waals surface area (Å²) < 4.78 is 5.04. The van der Waals surface area contributed by atoms with Gasteiger partial charge in [0.05, 0.1) is 0 Å². The van der Waals surface area contributed by atoms with Crippen LogP contribution in [0.25, 0.3) is 0 Å². The lowest BCUT2D eigenvalue weighted by molar-refractivity contribution is -0.140. The summed E-state index contributed by atoms with van der Waals surface area (Å²) in [5.41, 5.74) is 1.31. The molecule has 1 rings (SSSR count). The molecule has 0 aromatic rings. The number of carbonyl (C=O) groups is 1. The van der Waals surface area contributed by atoms with Gasteiger partial charge in [0, 0.05) is 6.92 Å². The minimum absolute atomic E-state index is 0.180. The number of ether oxygens (including phenoxy) is 1. The van der Waals surface area contributed by atoms with Crippen molar-refractivity contribution >= 4 is 5.97 Å². The summed E-state index contributed by atoms with van der Waals surface area (Å²) >= 11 is 0. The molecule has 0 radical (unpaired) electrons. The molecule has 1 aliphatic rings. The first-order valence-electron chi connectivity index (χ1n) is 5.52. The largest absolute Gasteiger partial charge is 0.461 e. The third kappa shape index (κ3) is 3.52. The molecular formula is C12H20O2. The molecule has 0 spiro atoms. The van der Waals surface area contributed by atoms with Crippen molar-refractivity contribution in [2.24, 2.45) is 5.92 Å². The Hall–Kier alpha value is -0.790. The predicted molar refractivity (Wildman–Crippen MR) is 57.0 cm³/mol. The number of hydrogen-bond donors (Lipinski definition) is 0. The highest BCUT2D eigenvalue weighted by Crippen LogP contribution is 2.29. The molecule has 14 heavy (non-hydrogen) atoms. The second kappa shape index (κ2) is 5.84. The highest BCUT2D eigenvalue weighted by molar-refractivity contribution is 5.66. The maximum Gasteiger partial charge on any atom is 0.302 e. The molecule has 2 heteroatoms. The quantitative estimate of drug-likeness (QED) is 0.512. The lowest BCUT2D eigenvalue weighted by Crippen LogP contribution is -2.14. The van der Waals surface area contributed by atoms with Gasteiger partial charge in [-0.25, -0.2) is 0 Å². The van der Waals surface area contributed by atoms with Gasteiger partial charge in [-0.2, -0.15) is 0 Å².